The van der Waals surface area contributed by atoms with Crippen molar-refractivity contribution in [2.45, 2.75) is 19.9 Å². The fourth-order valence-corrected chi connectivity index (χ4v) is 3.39. The summed E-state index contributed by atoms with van der Waals surface area (Å²) in [6.07, 6.45) is 4.14. The number of carbonyl (C=O) groups excluding carboxylic acids is 2. The largest absolute Gasteiger partial charge is 0.496 e. The molecule has 3 rings (SSSR count). The molecule has 2 aromatic rings. The molecule has 5 heteroatoms. The van der Waals surface area contributed by atoms with Crippen LogP contribution in [0.25, 0.3) is 11.1 Å². The van der Waals surface area contributed by atoms with Gasteiger partial charge in [-0.15, -0.1) is 0 Å². The number of methoxy groups -OCH3 is 1. The van der Waals surface area contributed by atoms with Crippen LogP contribution in [0.1, 0.15) is 34.6 Å². The highest BCUT2D eigenvalue weighted by Crippen LogP contribution is 2.27. The highest BCUT2D eigenvalue weighted by molar-refractivity contribution is 5.97. The summed E-state index contributed by atoms with van der Waals surface area (Å²) in [5, 5.41) is 0. The Kier molecular flexibility index (Phi) is 5.31. The molecule has 0 spiro atoms. The van der Waals surface area contributed by atoms with Gasteiger partial charge in [-0.3, -0.25) is 9.59 Å². The third-order valence-electron chi connectivity index (χ3n) is 4.87. The molecule has 5 nitrogen and oxygen atoms in total. The summed E-state index contributed by atoms with van der Waals surface area (Å²) in [4.78, 5) is 26.4. The Morgan fingerprint density at radius 2 is 1.78 bits per heavy atom. The summed E-state index contributed by atoms with van der Waals surface area (Å²) in [5.41, 5.74) is 8.15. The molecule has 2 N–H and O–H groups in total. The predicted octanol–water partition coefficient (Wildman–Crippen LogP) is 3.50. The van der Waals surface area contributed by atoms with Crippen molar-refractivity contribution in [3.63, 3.8) is 0 Å². The van der Waals surface area contributed by atoms with Gasteiger partial charge in [-0.05, 0) is 41.3 Å². The van der Waals surface area contributed by atoms with Gasteiger partial charge in [0, 0.05) is 12.1 Å². The van der Waals surface area contributed by atoms with Gasteiger partial charge in [0.1, 0.15) is 5.75 Å². The zero-order valence-corrected chi connectivity index (χ0v) is 15.8. The predicted molar refractivity (Wildman–Crippen MR) is 106 cm³/mol. The Hall–Kier alpha value is -3.08. The van der Waals surface area contributed by atoms with Crippen LogP contribution in [0, 0.1) is 5.92 Å². The fraction of sp³-hybridized carbons (Fsp3) is 0.273. The van der Waals surface area contributed by atoms with Gasteiger partial charge in [-0.1, -0.05) is 44.2 Å². The first kappa shape index (κ1) is 18.7. The number of hydrogen-bond acceptors (Lipinski definition) is 3. The van der Waals surface area contributed by atoms with E-state index < -0.39 is 5.91 Å². The minimum absolute atomic E-state index is 0.0257. The van der Waals surface area contributed by atoms with Crippen molar-refractivity contribution in [3.8, 4) is 16.9 Å². The number of nitrogens with zero attached hydrogens (tertiary/aromatic N) is 1. The SMILES string of the molecule is COc1ccc(-c2ccc(C(=O)N3CC=C[C@@H]3C(C)C)cc2)cc1C(N)=O. The number of nitrogens with two attached hydrogens (primary N) is 1. The van der Waals surface area contributed by atoms with E-state index in [0.717, 1.165) is 11.1 Å². The van der Waals surface area contributed by atoms with Gasteiger partial charge in [-0.2, -0.15) is 0 Å². The van der Waals surface area contributed by atoms with Crippen molar-refractivity contribution in [2.75, 3.05) is 13.7 Å². The van der Waals surface area contributed by atoms with E-state index >= 15 is 0 Å². The van der Waals surface area contributed by atoms with Gasteiger partial charge in [-0.25, -0.2) is 0 Å². The lowest BCUT2D eigenvalue weighted by Gasteiger charge is -2.27. The molecule has 1 heterocycles. The molecule has 0 bridgehead atoms. The molecule has 0 aromatic heterocycles. The molecule has 0 aliphatic carbocycles. The van der Waals surface area contributed by atoms with E-state index in [1.54, 1.807) is 12.1 Å². The molecule has 0 saturated carbocycles. The molecule has 1 atom stereocenters. The Bertz CT molecular complexity index is 885. The lowest BCUT2D eigenvalue weighted by molar-refractivity contribution is 0.0720. The molecular weight excluding hydrogens is 340 g/mol. The van der Waals surface area contributed by atoms with Crippen molar-refractivity contribution in [1.29, 1.82) is 0 Å². The minimum Gasteiger partial charge on any atom is -0.496 e. The molecule has 1 aliphatic heterocycles. The molecule has 140 valence electrons. The van der Waals surface area contributed by atoms with Crippen molar-refractivity contribution in [2.24, 2.45) is 11.7 Å². The third kappa shape index (κ3) is 3.72. The van der Waals surface area contributed by atoms with Crippen LogP contribution in [-0.4, -0.2) is 36.4 Å². The third-order valence-corrected chi connectivity index (χ3v) is 4.87. The lowest BCUT2D eigenvalue weighted by atomic mass is 10.00. The Labute approximate surface area is 159 Å². The van der Waals surface area contributed by atoms with Crippen molar-refractivity contribution in [3.05, 3.63) is 65.7 Å². The van der Waals surface area contributed by atoms with Crippen LogP contribution in [0.15, 0.2) is 54.6 Å². The molecule has 0 saturated heterocycles. The summed E-state index contributed by atoms with van der Waals surface area (Å²) in [6.45, 7) is 4.87. The quantitative estimate of drug-likeness (QED) is 0.826. The number of amides is 2. The fourth-order valence-electron chi connectivity index (χ4n) is 3.39. The Balaban J connectivity index is 1.85. The molecule has 0 fully saturated rings. The van der Waals surface area contributed by atoms with Crippen LogP contribution in [0.5, 0.6) is 5.75 Å². The average molecular weight is 364 g/mol. The number of carbonyl (C=O) groups is 2. The minimum atomic E-state index is -0.540. The van der Waals surface area contributed by atoms with E-state index in [9.17, 15) is 9.59 Å². The van der Waals surface area contributed by atoms with Crippen molar-refractivity contribution >= 4 is 11.8 Å². The number of benzene rings is 2. The van der Waals surface area contributed by atoms with E-state index in [2.05, 4.69) is 19.9 Å². The van der Waals surface area contributed by atoms with Gasteiger partial charge in [0.2, 0.25) is 0 Å². The lowest BCUT2D eigenvalue weighted by Crippen LogP contribution is -2.38. The van der Waals surface area contributed by atoms with Crippen molar-refractivity contribution < 1.29 is 14.3 Å². The van der Waals surface area contributed by atoms with E-state index in [0.29, 0.717) is 29.3 Å². The maximum atomic E-state index is 12.8. The van der Waals surface area contributed by atoms with Crippen LogP contribution in [0.4, 0.5) is 0 Å². The summed E-state index contributed by atoms with van der Waals surface area (Å²) >= 11 is 0. The highest BCUT2D eigenvalue weighted by Gasteiger charge is 2.27. The molecule has 0 radical (unpaired) electrons. The monoisotopic (exact) mass is 364 g/mol. The van der Waals surface area contributed by atoms with Crippen LogP contribution < -0.4 is 10.5 Å². The van der Waals surface area contributed by atoms with Crippen LogP contribution >= 0.6 is 0 Å². The summed E-state index contributed by atoms with van der Waals surface area (Å²) in [6, 6.07) is 12.8. The normalized spacial score (nSPS) is 16.0. The van der Waals surface area contributed by atoms with Gasteiger partial charge >= 0.3 is 0 Å². The first-order valence-electron chi connectivity index (χ1n) is 8.98. The molecule has 1 aliphatic rings. The topological polar surface area (TPSA) is 72.6 Å². The van der Waals surface area contributed by atoms with Crippen LogP contribution in [-0.2, 0) is 0 Å². The van der Waals surface area contributed by atoms with Gasteiger partial charge < -0.3 is 15.4 Å². The Morgan fingerprint density at radius 3 is 2.37 bits per heavy atom. The molecule has 0 unspecified atom stereocenters. The second-order valence-corrected chi connectivity index (χ2v) is 6.98. The standard InChI is InChI=1S/C22H24N2O3/c1-14(2)19-5-4-12-24(19)22(26)16-8-6-15(7-9-16)17-10-11-20(27-3)18(13-17)21(23)25/h4-11,13-14,19H,12H2,1-3H3,(H2,23,25)/t19-/m1/s1. The number of rotatable bonds is 5. The number of ether oxygens (including phenoxy) is 1. The van der Waals surface area contributed by atoms with Gasteiger partial charge in [0.05, 0.1) is 18.7 Å². The maximum absolute atomic E-state index is 12.8. The molecule has 2 aromatic carbocycles. The highest BCUT2D eigenvalue weighted by atomic mass is 16.5. The average Bonchev–Trinajstić information content (AvgIpc) is 3.17. The zero-order valence-electron chi connectivity index (χ0n) is 15.8. The number of hydrogen-bond donors (Lipinski definition) is 1. The second-order valence-electron chi connectivity index (χ2n) is 6.98. The summed E-state index contributed by atoms with van der Waals surface area (Å²) in [5.74, 6) is 0.303. The molecular formula is C22H24N2O3. The van der Waals surface area contributed by atoms with E-state index in [1.165, 1.54) is 7.11 Å². The zero-order chi connectivity index (χ0) is 19.6. The summed E-state index contributed by atoms with van der Waals surface area (Å²) < 4.78 is 5.18. The first-order valence-corrected chi connectivity index (χ1v) is 8.98. The Morgan fingerprint density at radius 1 is 1.11 bits per heavy atom. The van der Waals surface area contributed by atoms with Gasteiger partial charge in [0.25, 0.3) is 11.8 Å². The van der Waals surface area contributed by atoms with Gasteiger partial charge in [0.15, 0.2) is 0 Å². The maximum Gasteiger partial charge on any atom is 0.254 e. The van der Waals surface area contributed by atoms with E-state index in [1.807, 2.05) is 41.3 Å². The van der Waals surface area contributed by atoms with E-state index in [4.69, 9.17) is 10.5 Å². The van der Waals surface area contributed by atoms with Crippen LogP contribution in [0.2, 0.25) is 0 Å². The smallest absolute Gasteiger partial charge is 0.254 e. The first-order chi connectivity index (χ1) is 12.9. The van der Waals surface area contributed by atoms with Crippen LogP contribution in [0.3, 0.4) is 0 Å². The molecule has 27 heavy (non-hydrogen) atoms. The number of primary amides is 1. The molecule has 2 amide bonds. The van der Waals surface area contributed by atoms with E-state index in [-0.39, 0.29) is 11.9 Å². The van der Waals surface area contributed by atoms with Crippen molar-refractivity contribution in [1.82, 2.24) is 4.90 Å². The second kappa shape index (κ2) is 7.66. The summed E-state index contributed by atoms with van der Waals surface area (Å²) in [7, 11) is 1.50.